The number of rotatable bonds is 3. The summed E-state index contributed by atoms with van der Waals surface area (Å²) >= 11 is 0. The van der Waals surface area contributed by atoms with Crippen molar-refractivity contribution in [1.82, 2.24) is 9.78 Å². The Morgan fingerprint density at radius 2 is 2.03 bits per heavy atom. The molecule has 0 aliphatic heterocycles. The van der Waals surface area contributed by atoms with Crippen molar-refractivity contribution in [3.63, 3.8) is 0 Å². The molecule has 5 nitrogen and oxygen atoms in total. The van der Waals surface area contributed by atoms with Crippen molar-refractivity contribution in [1.29, 1.82) is 5.26 Å². The Morgan fingerprint density at radius 1 is 1.26 bits per heavy atom. The zero-order valence-corrected chi connectivity index (χ0v) is 18.6. The minimum atomic E-state index is -1.09. The number of aromatic nitrogens is 2. The number of carbonyl (C=O) groups excluding carboxylic acids is 1. The lowest BCUT2D eigenvalue weighted by Crippen LogP contribution is -2.51. The Kier molecular flexibility index (Phi) is 5.04. The molecule has 0 bridgehead atoms. The molecule has 1 heterocycles. The normalized spacial score (nSPS) is 46.5. The predicted molar refractivity (Wildman–Crippen MR) is 113 cm³/mol. The summed E-state index contributed by atoms with van der Waals surface area (Å²) in [5.74, 6) is 2.01. The number of alkyl halides is 1. The van der Waals surface area contributed by atoms with E-state index in [9.17, 15) is 9.90 Å². The van der Waals surface area contributed by atoms with Crippen molar-refractivity contribution < 1.29 is 14.3 Å². The Morgan fingerprint density at radius 3 is 2.77 bits per heavy atom. The maximum atomic E-state index is 15.4. The molecule has 1 N–H and O–H groups in total. The highest BCUT2D eigenvalue weighted by atomic mass is 19.1. The molecule has 4 unspecified atom stereocenters. The van der Waals surface area contributed by atoms with Gasteiger partial charge >= 0.3 is 0 Å². The first-order chi connectivity index (χ1) is 14.7. The van der Waals surface area contributed by atoms with E-state index in [-0.39, 0.29) is 23.7 Å². The van der Waals surface area contributed by atoms with Crippen LogP contribution in [0.25, 0.3) is 0 Å². The van der Waals surface area contributed by atoms with Crippen LogP contribution in [-0.4, -0.2) is 32.4 Å². The number of halogens is 1. The van der Waals surface area contributed by atoms with Gasteiger partial charge in [-0.05, 0) is 93.3 Å². The smallest absolute Gasteiger partial charge is 0.160 e. The molecular weight excluding hydrogens is 393 g/mol. The minimum Gasteiger partial charge on any atom is -0.390 e. The van der Waals surface area contributed by atoms with Gasteiger partial charge in [-0.25, -0.2) is 4.39 Å². The van der Waals surface area contributed by atoms with E-state index in [0.717, 1.165) is 44.9 Å². The average Bonchev–Trinajstić information content (AvgIpc) is 3.27. The van der Waals surface area contributed by atoms with E-state index in [2.05, 4.69) is 12.0 Å². The summed E-state index contributed by atoms with van der Waals surface area (Å²) < 4.78 is 16.9. The molecule has 4 aliphatic rings. The fourth-order valence-electron chi connectivity index (χ4n) is 8.39. The monoisotopic (exact) mass is 427 g/mol. The number of hydrogen-bond acceptors (Lipinski definition) is 4. The van der Waals surface area contributed by atoms with Crippen molar-refractivity contribution in [3.8, 4) is 6.07 Å². The van der Waals surface area contributed by atoms with E-state index >= 15 is 4.39 Å². The SMILES string of the molecule is C[C@@]1(O)CC[C@@H]2C3CC[C@@]4(C)C(C[C@@H](F)C4C(=O)Cn4cc(C#N)cn4)C3CC[C@@H]2C1. The molecule has 168 valence electrons. The topological polar surface area (TPSA) is 78.9 Å². The van der Waals surface area contributed by atoms with Crippen molar-refractivity contribution in [3.05, 3.63) is 18.0 Å². The number of nitrogens with zero attached hydrogens (tertiary/aromatic N) is 3. The summed E-state index contributed by atoms with van der Waals surface area (Å²) in [6, 6.07) is 2.03. The summed E-state index contributed by atoms with van der Waals surface area (Å²) in [7, 11) is 0. The number of nitriles is 1. The van der Waals surface area contributed by atoms with Crippen molar-refractivity contribution in [2.24, 2.45) is 40.9 Å². The van der Waals surface area contributed by atoms with Gasteiger partial charge in [-0.2, -0.15) is 10.4 Å². The second-order valence-corrected chi connectivity index (χ2v) is 11.5. The van der Waals surface area contributed by atoms with Crippen LogP contribution in [0.1, 0.15) is 70.8 Å². The maximum absolute atomic E-state index is 15.4. The summed E-state index contributed by atoms with van der Waals surface area (Å²) in [5.41, 5.74) is -0.385. The van der Waals surface area contributed by atoms with E-state index in [0.29, 0.717) is 35.7 Å². The second-order valence-electron chi connectivity index (χ2n) is 11.5. The summed E-state index contributed by atoms with van der Waals surface area (Å²) in [5, 5.41) is 23.7. The number of aliphatic hydroxyl groups is 1. The van der Waals surface area contributed by atoms with E-state index in [1.54, 1.807) is 6.20 Å². The molecule has 9 atom stereocenters. The van der Waals surface area contributed by atoms with Gasteiger partial charge in [-0.3, -0.25) is 9.48 Å². The third-order valence-corrected chi connectivity index (χ3v) is 9.65. The van der Waals surface area contributed by atoms with Gasteiger partial charge in [-0.15, -0.1) is 0 Å². The van der Waals surface area contributed by atoms with Crippen LogP contribution in [0, 0.1) is 52.3 Å². The van der Waals surface area contributed by atoms with Crippen LogP contribution >= 0.6 is 0 Å². The minimum absolute atomic E-state index is 0.0446. The number of Topliss-reactive ketones (excluding diaryl/α,β-unsaturated/α-hetero) is 1. The molecule has 1 aromatic rings. The van der Waals surface area contributed by atoms with Crippen molar-refractivity contribution in [2.45, 2.75) is 83.5 Å². The molecule has 1 aromatic heterocycles. The van der Waals surface area contributed by atoms with E-state index in [1.165, 1.54) is 10.9 Å². The molecule has 0 saturated heterocycles. The first-order valence-corrected chi connectivity index (χ1v) is 12.0. The average molecular weight is 428 g/mol. The van der Waals surface area contributed by atoms with E-state index in [1.807, 2.05) is 13.0 Å². The molecule has 5 rings (SSSR count). The Bertz CT molecular complexity index is 905. The highest BCUT2D eigenvalue weighted by molar-refractivity contribution is 5.82. The molecule has 4 saturated carbocycles. The van der Waals surface area contributed by atoms with E-state index in [4.69, 9.17) is 5.26 Å². The zero-order valence-electron chi connectivity index (χ0n) is 18.6. The van der Waals surface area contributed by atoms with Gasteiger partial charge in [-0.1, -0.05) is 6.92 Å². The standard InChI is InChI=1S/C25H34FN3O2/c1-24(31)7-5-17-16(10-24)3-4-19-18(17)6-8-25(2)20(19)9-21(26)23(25)22(30)14-29-13-15(11-27)12-28-29/h12-13,16-21,23,31H,3-10,14H2,1-2H3/t16-,17+,18?,19?,20?,21-,23?,24-,25+/m1/s1. The third kappa shape index (κ3) is 3.44. The predicted octanol–water partition coefficient (Wildman–Crippen LogP) is 4.29. The fraction of sp³-hybridized carbons (Fsp3) is 0.800. The van der Waals surface area contributed by atoms with Crippen LogP contribution in [0.4, 0.5) is 4.39 Å². The van der Waals surface area contributed by atoms with Gasteiger partial charge in [0.05, 0.1) is 29.8 Å². The number of hydrogen-bond donors (Lipinski definition) is 1. The van der Waals surface area contributed by atoms with Gasteiger partial charge < -0.3 is 5.11 Å². The number of carbonyl (C=O) groups is 1. The number of fused-ring (bicyclic) bond motifs is 5. The number of ketones is 1. The molecule has 4 fully saturated rings. The molecule has 0 spiro atoms. The fourth-order valence-corrected chi connectivity index (χ4v) is 8.39. The Hall–Kier alpha value is -1.74. The lowest BCUT2D eigenvalue weighted by atomic mass is 9.49. The molecule has 0 radical (unpaired) electrons. The van der Waals surface area contributed by atoms with Crippen molar-refractivity contribution in [2.75, 3.05) is 0 Å². The molecule has 6 heteroatoms. The molecule has 0 amide bonds. The van der Waals surface area contributed by atoms with Gasteiger partial charge in [0, 0.05) is 6.20 Å². The summed E-state index contributed by atoms with van der Waals surface area (Å²) in [4.78, 5) is 13.2. The van der Waals surface area contributed by atoms with Crippen LogP contribution in [0.5, 0.6) is 0 Å². The van der Waals surface area contributed by atoms with Gasteiger partial charge in [0.2, 0.25) is 0 Å². The van der Waals surface area contributed by atoms with Gasteiger partial charge in [0.25, 0.3) is 0 Å². The van der Waals surface area contributed by atoms with Crippen LogP contribution in [0.3, 0.4) is 0 Å². The molecular formula is C25H34FN3O2. The largest absolute Gasteiger partial charge is 0.390 e. The quantitative estimate of drug-likeness (QED) is 0.780. The molecule has 31 heavy (non-hydrogen) atoms. The highest BCUT2D eigenvalue weighted by Gasteiger charge is 2.62. The Balaban J connectivity index is 1.34. The van der Waals surface area contributed by atoms with Crippen LogP contribution in [0.2, 0.25) is 0 Å². The summed E-state index contributed by atoms with van der Waals surface area (Å²) in [6.45, 7) is 4.19. The lowest BCUT2D eigenvalue weighted by Gasteiger charge is -2.56. The van der Waals surface area contributed by atoms with Crippen LogP contribution in [-0.2, 0) is 11.3 Å². The first kappa shape index (κ1) is 21.1. The second kappa shape index (κ2) is 7.40. The van der Waals surface area contributed by atoms with Crippen molar-refractivity contribution >= 4 is 5.78 Å². The summed E-state index contributed by atoms with van der Waals surface area (Å²) in [6.07, 6.45) is 9.54. The van der Waals surface area contributed by atoms with E-state index < -0.39 is 17.7 Å². The molecule has 0 aromatic carbocycles. The van der Waals surface area contributed by atoms with Crippen LogP contribution in [0.15, 0.2) is 12.4 Å². The molecule has 4 aliphatic carbocycles. The zero-order chi connectivity index (χ0) is 22.0. The third-order valence-electron chi connectivity index (χ3n) is 9.65. The van der Waals surface area contributed by atoms with Gasteiger partial charge in [0.15, 0.2) is 5.78 Å². The van der Waals surface area contributed by atoms with Gasteiger partial charge in [0.1, 0.15) is 12.2 Å². The highest BCUT2D eigenvalue weighted by Crippen LogP contribution is 2.65. The Labute approximate surface area is 184 Å². The maximum Gasteiger partial charge on any atom is 0.160 e. The lowest BCUT2D eigenvalue weighted by molar-refractivity contribution is -0.134. The van der Waals surface area contributed by atoms with Crippen LogP contribution < -0.4 is 0 Å². The first-order valence-electron chi connectivity index (χ1n) is 12.0.